The van der Waals surface area contributed by atoms with Crippen LogP contribution in [0.5, 0.6) is 0 Å². The SMILES string of the molecule is Cc1ccccc1CC(C)(C)NC(=O)C1CNCCO1. The minimum absolute atomic E-state index is 0.0317. The number of carbonyl (C=O) groups is 1. The zero-order valence-corrected chi connectivity index (χ0v) is 12.5. The molecule has 0 aromatic heterocycles. The number of rotatable bonds is 4. The third-order valence-electron chi connectivity index (χ3n) is 3.58. The largest absolute Gasteiger partial charge is 0.366 e. The van der Waals surface area contributed by atoms with E-state index in [9.17, 15) is 4.79 Å². The molecule has 1 aliphatic rings. The van der Waals surface area contributed by atoms with Crippen molar-refractivity contribution in [2.24, 2.45) is 0 Å². The van der Waals surface area contributed by atoms with Crippen LogP contribution in [-0.2, 0) is 16.0 Å². The fourth-order valence-electron chi connectivity index (χ4n) is 2.48. The summed E-state index contributed by atoms with van der Waals surface area (Å²) in [4.78, 5) is 12.2. The predicted octanol–water partition coefficient (Wildman–Crippen LogP) is 1.42. The Bertz CT molecular complexity index is 465. The summed E-state index contributed by atoms with van der Waals surface area (Å²) in [7, 11) is 0. The maximum Gasteiger partial charge on any atom is 0.250 e. The van der Waals surface area contributed by atoms with Gasteiger partial charge in [0.2, 0.25) is 0 Å². The molecule has 4 nitrogen and oxygen atoms in total. The van der Waals surface area contributed by atoms with Crippen molar-refractivity contribution >= 4 is 5.91 Å². The number of hydrogen-bond acceptors (Lipinski definition) is 3. The van der Waals surface area contributed by atoms with Gasteiger partial charge >= 0.3 is 0 Å². The third kappa shape index (κ3) is 4.05. The molecule has 4 heteroatoms. The average Bonchev–Trinajstić information content (AvgIpc) is 2.41. The Morgan fingerprint density at radius 2 is 2.20 bits per heavy atom. The molecule has 2 N–H and O–H groups in total. The first-order chi connectivity index (χ1) is 9.48. The van der Waals surface area contributed by atoms with Crippen molar-refractivity contribution in [2.75, 3.05) is 19.7 Å². The number of morpholine rings is 1. The molecular formula is C16H24N2O2. The summed E-state index contributed by atoms with van der Waals surface area (Å²) in [6.45, 7) is 8.20. The molecule has 0 saturated carbocycles. The van der Waals surface area contributed by atoms with E-state index in [0.717, 1.165) is 13.0 Å². The van der Waals surface area contributed by atoms with E-state index in [1.165, 1.54) is 11.1 Å². The fraction of sp³-hybridized carbons (Fsp3) is 0.562. The number of carbonyl (C=O) groups excluding carboxylic acids is 1. The van der Waals surface area contributed by atoms with E-state index in [0.29, 0.717) is 13.2 Å². The Morgan fingerprint density at radius 3 is 2.85 bits per heavy atom. The molecule has 2 rings (SSSR count). The molecule has 0 aliphatic carbocycles. The van der Waals surface area contributed by atoms with E-state index in [1.807, 2.05) is 26.0 Å². The summed E-state index contributed by atoms with van der Waals surface area (Å²) in [6.07, 6.45) is 0.436. The maximum absolute atomic E-state index is 12.2. The first kappa shape index (κ1) is 15.0. The zero-order chi connectivity index (χ0) is 14.6. The predicted molar refractivity (Wildman–Crippen MR) is 79.7 cm³/mol. The van der Waals surface area contributed by atoms with Crippen molar-refractivity contribution in [1.29, 1.82) is 0 Å². The lowest BCUT2D eigenvalue weighted by Crippen LogP contribution is -2.54. The molecule has 1 aliphatic heterocycles. The highest BCUT2D eigenvalue weighted by atomic mass is 16.5. The molecule has 1 saturated heterocycles. The second-order valence-corrected chi connectivity index (χ2v) is 6.04. The standard InChI is InChI=1S/C16H24N2O2/c1-12-6-4-5-7-13(12)10-16(2,3)18-15(19)14-11-17-8-9-20-14/h4-7,14,17H,8-11H2,1-3H3,(H,18,19). The Labute approximate surface area is 120 Å². The topological polar surface area (TPSA) is 50.4 Å². The quantitative estimate of drug-likeness (QED) is 0.874. The molecule has 1 fully saturated rings. The number of aryl methyl sites for hydroxylation is 1. The van der Waals surface area contributed by atoms with Gasteiger partial charge in [0.05, 0.1) is 6.61 Å². The molecule has 0 bridgehead atoms. The second kappa shape index (κ2) is 6.37. The van der Waals surface area contributed by atoms with Gasteiger partial charge < -0.3 is 15.4 Å². The van der Waals surface area contributed by atoms with Gasteiger partial charge in [-0.3, -0.25) is 4.79 Å². The van der Waals surface area contributed by atoms with Gasteiger partial charge in [-0.05, 0) is 38.3 Å². The highest BCUT2D eigenvalue weighted by Crippen LogP contribution is 2.16. The lowest BCUT2D eigenvalue weighted by Gasteiger charge is -2.31. The van der Waals surface area contributed by atoms with Gasteiger partial charge in [0.25, 0.3) is 5.91 Å². The van der Waals surface area contributed by atoms with Crippen LogP contribution < -0.4 is 10.6 Å². The maximum atomic E-state index is 12.2. The summed E-state index contributed by atoms with van der Waals surface area (Å²) in [5, 5.41) is 6.27. The number of hydrogen-bond donors (Lipinski definition) is 2. The monoisotopic (exact) mass is 276 g/mol. The lowest BCUT2D eigenvalue weighted by molar-refractivity contribution is -0.135. The van der Waals surface area contributed by atoms with Gasteiger partial charge in [-0.2, -0.15) is 0 Å². The van der Waals surface area contributed by atoms with Crippen LogP contribution in [0, 0.1) is 6.92 Å². The molecule has 110 valence electrons. The molecule has 1 unspecified atom stereocenters. The van der Waals surface area contributed by atoms with Gasteiger partial charge in [0.15, 0.2) is 0 Å². The van der Waals surface area contributed by atoms with Crippen LogP contribution in [-0.4, -0.2) is 37.2 Å². The van der Waals surface area contributed by atoms with Crippen LogP contribution >= 0.6 is 0 Å². The van der Waals surface area contributed by atoms with Crippen LogP contribution in [0.3, 0.4) is 0 Å². The minimum Gasteiger partial charge on any atom is -0.366 e. The number of nitrogens with one attached hydrogen (secondary N) is 2. The van der Waals surface area contributed by atoms with Crippen molar-refractivity contribution in [3.8, 4) is 0 Å². The fourth-order valence-corrected chi connectivity index (χ4v) is 2.48. The number of ether oxygens (including phenoxy) is 1. The van der Waals surface area contributed by atoms with Gasteiger partial charge in [-0.15, -0.1) is 0 Å². The first-order valence-corrected chi connectivity index (χ1v) is 7.17. The second-order valence-electron chi connectivity index (χ2n) is 6.04. The highest BCUT2D eigenvalue weighted by Gasteiger charge is 2.28. The Morgan fingerprint density at radius 1 is 1.45 bits per heavy atom. The van der Waals surface area contributed by atoms with Crippen LogP contribution in [0.4, 0.5) is 0 Å². The Kier molecular flexibility index (Phi) is 4.78. The van der Waals surface area contributed by atoms with Crippen molar-refractivity contribution in [3.63, 3.8) is 0 Å². The molecule has 20 heavy (non-hydrogen) atoms. The summed E-state index contributed by atoms with van der Waals surface area (Å²) < 4.78 is 5.49. The van der Waals surface area contributed by atoms with Gasteiger partial charge in [0.1, 0.15) is 6.10 Å². The molecular weight excluding hydrogens is 252 g/mol. The van der Waals surface area contributed by atoms with E-state index in [1.54, 1.807) is 0 Å². The lowest BCUT2D eigenvalue weighted by atomic mass is 9.92. The van der Waals surface area contributed by atoms with Crippen LogP contribution in [0.1, 0.15) is 25.0 Å². The smallest absolute Gasteiger partial charge is 0.250 e. The van der Waals surface area contributed by atoms with Crippen LogP contribution in [0.2, 0.25) is 0 Å². The Hall–Kier alpha value is -1.39. The van der Waals surface area contributed by atoms with Crippen molar-refractivity contribution < 1.29 is 9.53 Å². The summed E-state index contributed by atoms with van der Waals surface area (Å²) in [6, 6.07) is 8.28. The molecule has 1 heterocycles. The van der Waals surface area contributed by atoms with Crippen LogP contribution in [0.25, 0.3) is 0 Å². The van der Waals surface area contributed by atoms with E-state index in [4.69, 9.17) is 4.74 Å². The molecule has 0 spiro atoms. The molecule has 1 aromatic carbocycles. The molecule has 1 amide bonds. The van der Waals surface area contributed by atoms with Gasteiger partial charge in [0, 0.05) is 18.6 Å². The van der Waals surface area contributed by atoms with Gasteiger partial charge in [-0.1, -0.05) is 24.3 Å². The average molecular weight is 276 g/mol. The first-order valence-electron chi connectivity index (χ1n) is 7.17. The molecule has 1 aromatic rings. The summed E-state index contributed by atoms with van der Waals surface area (Å²) in [5.41, 5.74) is 2.23. The summed E-state index contributed by atoms with van der Waals surface area (Å²) in [5.74, 6) is -0.0317. The van der Waals surface area contributed by atoms with Gasteiger partial charge in [-0.25, -0.2) is 0 Å². The van der Waals surface area contributed by atoms with E-state index < -0.39 is 0 Å². The molecule has 0 radical (unpaired) electrons. The minimum atomic E-state index is -0.375. The zero-order valence-electron chi connectivity index (χ0n) is 12.5. The number of benzene rings is 1. The third-order valence-corrected chi connectivity index (χ3v) is 3.58. The molecule has 1 atom stereocenters. The Balaban J connectivity index is 1.96. The van der Waals surface area contributed by atoms with E-state index in [-0.39, 0.29) is 17.6 Å². The highest BCUT2D eigenvalue weighted by molar-refractivity contribution is 5.81. The number of amides is 1. The normalized spacial score (nSPS) is 19.6. The van der Waals surface area contributed by atoms with Crippen LogP contribution in [0.15, 0.2) is 24.3 Å². The van der Waals surface area contributed by atoms with Crippen molar-refractivity contribution in [3.05, 3.63) is 35.4 Å². The van der Waals surface area contributed by atoms with E-state index in [2.05, 4.69) is 29.7 Å². The summed E-state index contributed by atoms with van der Waals surface area (Å²) >= 11 is 0. The van der Waals surface area contributed by atoms with E-state index >= 15 is 0 Å². The van der Waals surface area contributed by atoms with Crippen molar-refractivity contribution in [2.45, 2.75) is 38.8 Å². The van der Waals surface area contributed by atoms with Crippen molar-refractivity contribution in [1.82, 2.24) is 10.6 Å².